The predicted octanol–water partition coefficient (Wildman–Crippen LogP) is 3.94. The molecule has 5 nitrogen and oxygen atoms in total. The highest BCUT2D eigenvalue weighted by atomic mass is 19.3. The molecule has 1 amide bonds. The number of aromatic nitrogens is 2. The van der Waals surface area contributed by atoms with Crippen LogP contribution >= 0.6 is 0 Å². The number of alkyl halides is 2. The summed E-state index contributed by atoms with van der Waals surface area (Å²) in [5.41, 5.74) is 2.81. The van der Waals surface area contributed by atoms with Gasteiger partial charge in [-0.05, 0) is 31.9 Å². The molecule has 0 spiro atoms. The van der Waals surface area contributed by atoms with Gasteiger partial charge in [0.05, 0.1) is 17.8 Å². The van der Waals surface area contributed by atoms with Crippen molar-refractivity contribution in [3.63, 3.8) is 0 Å². The Morgan fingerprint density at radius 2 is 1.96 bits per heavy atom. The van der Waals surface area contributed by atoms with Gasteiger partial charge in [0.2, 0.25) is 5.91 Å². The van der Waals surface area contributed by atoms with Crippen LogP contribution in [-0.4, -0.2) is 22.3 Å². The first-order chi connectivity index (χ1) is 11.8. The van der Waals surface area contributed by atoms with E-state index < -0.39 is 6.61 Å². The number of nitrogens with one attached hydrogen (secondary N) is 1. The summed E-state index contributed by atoms with van der Waals surface area (Å²) in [6, 6.07) is 6.12. The molecule has 0 aliphatic rings. The maximum absolute atomic E-state index is 12.5. The third kappa shape index (κ3) is 5.01. The maximum atomic E-state index is 12.5. The molecule has 2 rings (SSSR count). The van der Waals surface area contributed by atoms with Crippen molar-refractivity contribution < 1.29 is 18.3 Å². The van der Waals surface area contributed by atoms with Crippen LogP contribution in [0, 0.1) is 19.8 Å². The summed E-state index contributed by atoms with van der Waals surface area (Å²) in [5.74, 6) is 0.0773. The minimum atomic E-state index is -2.95. The van der Waals surface area contributed by atoms with Gasteiger partial charge in [0.15, 0.2) is 0 Å². The smallest absolute Gasteiger partial charge is 0.387 e. The van der Waals surface area contributed by atoms with Gasteiger partial charge in [-0.1, -0.05) is 26.0 Å². The standard InChI is InChI=1S/C18H23F2N3O2/c1-11(2)10-23-13(4)14(12(3)22-23)9-17(24)21-15-7-5-6-8-16(15)25-18(19)20/h5-8,11,18H,9-10H2,1-4H3,(H,21,24). The van der Waals surface area contributed by atoms with Gasteiger partial charge in [-0.3, -0.25) is 9.48 Å². The van der Waals surface area contributed by atoms with Crippen molar-refractivity contribution in [1.82, 2.24) is 9.78 Å². The highest BCUT2D eigenvalue weighted by Crippen LogP contribution is 2.26. The Balaban J connectivity index is 2.12. The zero-order valence-electron chi connectivity index (χ0n) is 14.8. The number of benzene rings is 1. The average molecular weight is 351 g/mol. The summed E-state index contributed by atoms with van der Waals surface area (Å²) < 4.78 is 31.2. The molecule has 0 atom stereocenters. The highest BCUT2D eigenvalue weighted by Gasteiger charge is 2.17. The van der Waals surface area contributed by atoms with Crippen LogP contribution in [0.15, 0.2) is 24.3 Å². The molecule has 7 heteroatoms. The van der Waals surface area contributed by atoms with E-state index in [2.05, 4.69) is 29.0 Å². The van der Waals surface area contributed by atoms with Gasteiger partial charge in [0.25, 0.3) is 0 Å². The monoisotopic (exact) mass is 351 g/mol. The summed E-state index contributed by atoms with van der Waals surface area (Å²) in [5, 5.41) is 7.11. The maximum Gasteiger partial charge on any atom is 0.387 e. The summed E-state index contributed by atoms with van der Waals surface area (Å²) in [7, 11) is 0. The summed E-state index contributed by atoms with van der Waals surface area (Å²) >= 11 is 0. The van der Waals surface area contributed by atoms with E-state index in [1.165, 1.54) is 12.1 Å². The van der Waals surface area contributed by atoms with E-state index in [0.717, 1.165) is 23.5 Å². The lowest BCUT2D eigenvalue weighted by molar-refractivity contribution is -0.115. The second-order valence-electron chi connectivity index (χ2n) is 6.32. The first-order valence-corrected chi connectivity index (χ1v) is 8.14. The van der Waals surface area contributed by atoms with E-state index in [4.69, 9.17) is 0 Å². The van der Waals surface area contributed by atoms with Crippen LogP contribution in [0.25, 0.3) is 0 Å². The zero-order valence-corrected chi connectivity index (χ0v) is 14.8. The first-order valence-electron chi connectivity index (χ1n) is 8.14. The Bertz CT molecular complexity index is 742. The van der Waals surface area contributed by atoms with Gasteiger partial charge in [-0.15, -0.1) is 0 Å². The van der Waals surface area contributed by atoms with E-state index in [1.807, 2.05) is 18.5 Å². The summed E-state index contributed by atoms with van der Waals surface area (Å²) in [6.07, 6.45) is 0.124. The van der Waals surface area contributed by atoms with Crippen LogP contribution in [0.1, 0.15) is 30.8 Å². The Morgan fingerprint density at radius 1 is 1.28 bits per heavy atom. The third-order valence-electron chi connectivity index (χ3n) is 3.78. The molecule has 0 fully saturated rings. The molecule has 0 radical (unpaired) electrons. The molecule has 0 bridgehead atoms. The van der Waals surface area contributed by atoms with Crippen molar-refractivity contribution in [1.29, 1.82) is 0 Å². The molecule has 25 heavy (non-hydrogen) atoms. The van der Waals surface area contributed by atoms with E-state index >= 15 is 0 Å². The number of ether oxygens (including phenoxy) is 1. The molecule has 1 aromatic carbocycles. The van der Waals surface area contributed by atoms with Gasteiger partial charge in [0.1, 0.15) is 5.75 Å². The van der Waals surface area contributed by atoms with Crippen LogP contribution in [-0.2, 0) is 17.8 Å². The van der Waals surface area contributed by atoms with Gasteiger partial charge in [-0.2, -0.15) is 13.9 Å². The summed E-state index contributed by atoms with van der Waals surface area (Å²) in [4.78, 5) is 12.4. The number of anilines is 1. The van der Waals surface area contributed by atoms with E-state index in [1.54, 1.807) is 12.1 Å². The Morgan fingerprint density at radius 3 is 2.60 bits per heavy atom. The molecule has 136 valence electrons. The second kappa shape index (κ2) is 8.09. The second-order valence-corrected chi connectivity index (χ2v) is 6.32. The molecule has 1 aromatic heterocycles. The lowest BCUT2D eigenvalue weighted by atomic mass is 10.1. The fourth-order valence-electron chi connectivity index (χ4n) is 2.64. The number of hydrogen-bond donors (Lipinski definition) is 1. The quantitative estimate of drug-likeness (QED) is 0.822. The van der Waals surface area contributed by atoms with Gasteiger partial charge < -0.3 is 10.1 Å². The lowest BCUT2D eigenvalue weighted by Gasteiger charge is -2.12. The van der Waals surface area contributed by atoms with Gasteiger partial charge >= 0.3 is 6.61 Å². The normalized spacial score (nSPS) is 11.2. The fraction of sp³-hybridized carbons (Fsp3) is 0.444. The zero-order chi connectivity index (χ0) is 18.6. The van der Waals surface area contributed by atoms with Crippen LogP contribution in [0.5, 0.6) is 5.75 Å². The third-order valence-corrected chi connectivity index (χ3v) is 3.78. The molecule has 1 N–H and O–H groups in total. The largest absolute Gasteiger partial charge is 0.433 e. The number of carbonyl (C=O) groups excluding carboxylic acids is 1. The molecule has 0 saturated carbocycles. The minimum absolute atomic E-state index is 0.0604. The van der Waals surface area contributed by atoms with Crippen LogP contribution in [0.2, 0.25) is 0 Å². The number of aryl methyl sites for hydroxylation is 1. The molecular weight excluding hydrogens is 328 g/mol. The van der Waals surface area contributed by atoms with Crippen LogP contribution < -0.4 is 10.1 Å². The van der Waals surface area contributed by atoms with Crippen LogP contribution in [0.4, 0.5) is 14.5 Å². The van der Waals surface area contributed by atoms with Gasteiger partial charge in [-0.25, -0.2) is 0 Å². The minimum Gasteiger partial charge on any atom is -0.433 e. The van der Waals surface area contributed by atoms with Crippen molar-refractivity contribution in [3.05, 3.63) is 41.2 Å². The Labute approximate surface area is 146 Å². The summed E-state index contributed by atoms with van der Waals surface area (Å²) in [6.45, 7) is 5.82. The molecule has 0 unspecified atom stereocenters. The SMILES string of the molecule is Cc1nn(CC(C)C)c(C)c1CC(=O)Nc1ccccc1OC(F)F. The van der Waals surface area contributed by atoms with Crippen molar-refractivity contribution in [2.24, 2.45) is 5.92 Å². The number of halogens is 2. The van der Waals surface area contributed by atoms with Crippen LogP contribution in [0.3, 0.4) is 0 Å². The fourth-order valence-corrected chi connectivity index (χ4v) is 2.64. The number of carbonyl (C=O) groups is 1. The van der Waals surface area contributed by atoms with Gasteiger partial charge in [0, 0.05) is 17.8 Å². The first kappa shape index (κ1) is 18.9. The molecular formula is C18H23F2N3O2. The predicted molar refractivity (Wildman–Crippen MR) is 91.9 cm³/mol. The molecule has 1 heterocycles. The average Bonchev–Trinajstić information content (AvgIpc) is 2.75. The number of amides is 1. The van der Waals surface area contributed by atoms with E-state index in [9.17, 15) is 13.6 Å². The number of hydrogen-bond acceptors (Lipinski definition) is 3. The molecule has 0 aliphatic heterocycles. The van der Waals surface area contributed by atoms with Crippen molar-refractivity contribution in [2.75, 3.05) is 5.32 Å². The number of rotatable bonds is 7. The van der Waals surface area contributed by atoms with E-state index in [-0.39, 0.29) is 23.8 Å². The molecule has 0 aliphatic carbocycles. The Kier molecular flexibility index (Phi) is 6.12. The Hall–Kier alpha value is -2.44. The molecule has 0 saturated heterocycles. The number of para-hydroxylation sites is 2. The molecule has 2 aromatic rings. The highest BCUT2D eigenvalue weighted by molar-refractivity contribution is 5.93. The van der Waals surface area contributed by atoms with E-state index in [0.29, 0.717) is 5.92 Å². The topological polar surface area (TPSA) is 56.2 Å². The lowest BCUT2D eigenvalue weighted by Crippen LogP contribution is -2.17. The van der Waals surface area contributed by atoms with Crippen molar-refractivity contribution in [2.45, 2.75) is 47.3 Å². The van der Waals surface area contributed by atoms with Crippen molar-refractivity contribution >= 4 is 11.6 Å². The van der Waals surface area contributed by atoms with Crippen molar-refractivity contribution in [3.8, 4) is 5.75 Å². The number of nitrogens with zero attached hydrogens (tertiary/aromatic N) is 2.